The Bertz CT molecular complexity index is 851. The first kappa shape index (κ1) is 18.7. The molecule has 0 spiro atoms. The van der Waals surface area contributed by atoms with Crippen molar-refractivity contribution >= 4 is 23.8 Å². The smallest absolute Gasteiger partial charge is 0.115 e. The van der Waals surface area contributed by atoms with Crippen molar-refractivity contribution in [2.75, 3.05) is 0 Å². The quantitative estimate of drug-likeness (QED) is 0.650. The summed E-state index contributed by atoms with van der Waals surface area (Å²) in [7, 11) is -0.678. The van der Waals surface area contributed by atoms with Crippen LogP contribution in [0.2, 0.25) is 0 Å². The van der Waals surface area contributed by atoms with E-state index in [4.69, 9.17) is 0 Å². The number of aryl methyl sites for hydroxylation is 6. The molecular weight excluding hydrogens is 335 g/mol. The van der Waals surface area contributed by atoms with Crippen LogP contribution in [0.5, 0.6) is 5.75 Å². The fourth-order valence-electron chi connectivity index (χ4n) is 4.02. The van der Waals surface area contributed by atoms with Crippen molar-refractivity contribution in [1.82, 2.24) is 0 Å². The van der Waals surface area contributed by atoms with E-state index in [1.165, 1.54) is 49.3 Å². The van der Waals surface area contributed by atoms with Crippen molar-refractivity contribution in [3.05, 3.63) is 81.9 Å². The van der Waals surface area contributed by atoms with Gasteiger partial charge in [0.15, 0.2) is 0 Å². The summed E-state index contributed by atoms with van der Waals surface area (Å²) in [5, 5.41) is 13.9. The predicted octanol–water partition coefficient (Wildman–Crippen LogP) is 5.00. The molecule has 3 aromatic carbocycles. The highest BCUT2D eigenvalue weighted by Crippen LogP contribution is 2.38. The second kappa shape index (κ2) is 7.25. The van der Waals surface area contributed by atoms with Gasteiger partial charge in [0.25, 0.3) is 0 Å². The van der Waals surface area contributed by atoms with E-state index in [2.05, 4.69) is 77.9 Å². The summed E-state index contributed by atoms with van der Waals surface area (Å²) in [5.74, 6) is 0.318. The van der Waals surface area contributed by atoms with Gasteiger partial charge in [-0.2, -0.15) is 0 Å². The van der Waals surface area contributed by atoms with E-state index in [0.717, 1.165) is 0 Å². The van der Waals surface area contributed by atoms with Gasteiger partial charge in [-0.25, -0.2) is 0 Å². The van der Waals surface area contributed by atoms with E-state index in [9.17, 15) is 5.11 Å². The summed E-state index contributed by atoms with van der Waals surface area (Å²) >= 11 is 0. The molecule has 0 aliphatic heterocycles. The zero-order valence-corrected chi connectivity index (χ0v) is 17.4. The van der Waals surface area contributed by atoms with Crippen LogP contribution in [0.4, 0.5) is 0 Å². The fraction of sp³-hybridized carbons (Fsp3) is 0.250. The lowest BCUT2D eigenvalue weighted by atomic mass is 10.1. The molecule has 0 fully saturated rings. The summed E-state index contributed by atoms with van der Waals surface area (Å²) in [4.78, 5) is 0. The van der Waals surface area contributed by atoms with Crippen LogP contribution in [0.3, 0.4) is 0 Å². The van der Waals surface area contributed by atoms with Gasteiger partial charge in [-0.3, -0.25) is 0 Å². The highest BCUT2D eigenvalue weighted by atomic mass is 31.1. The molecule has 0 atom stereocenters. The molecule has 0 saturated carbocycles. The van der Waals surface area contributed by atoms with Crippen LogP contribution >= 0.6 is 7.92 Å². The Kier molecular flexibility index (Phi) is 5.21. The Morgan fingerprint density at radius 2 is 0.923 bits per heavy atom. The molecule has 3 aromatic rings. The molecule has 0 amide bonds. The Labute approximate surface area is 158 Å². The van der Waals surface area contributed by atoms with E-state index < -0.39 is 7.92 Å². The number of benzene rings is 3. The van der Waals surface area contributed by atoms with Crippen molar-refractivity contribution < 1.29 is 5.11 Å². The first-order chi connectivity index (χ1) is 12.3. The fourth-order valence-corrected chi connectivity index (χ4v) is 6.88. The Hall–Kier alpha value is -2.11. The Balaban J connectivity index is 2.34. The summed E-state index contributed by atoms with van der Waals surface area (Å²) in [6, 6.07) is 16.9. The monoisotopic (exact) mass is 362 g/mol. The molecule has 2 heteroatoms. The lowest BCUT2D eigenvalue weighted by Gasteiger charge is -2.27. The molecule has 26 heavy (non-hydrogen) atoms. The number of hydrogen-bond acceptors (Lipinski definition) is 1. The van der Waals surface area contributed by atoms with Crippen molar-refractivity contribution in [2.24, 2.45) is 0 Å². The van der Waals surface area contributed by atoms with E-state index in [1.807, 2.05) is 12.1 Å². The van der Waals surface area contributed by atoms with Gasteiger partial charge in [-0.15, -0.1) is 0 Å². The van der Waals surface area contributed by atoms with Gasteiger partial charge in [0.1, 0.15) is 5.75 Å². The molecule has 0 aliphatic carbocycles. The van der Waals surface area contributed by atoms with Crippen LogP contribution in [-0.4, -0.2) is 5.11 Å². The predicted molar refractivity (Wildman–Crippen MR) is 115 cm³/mol. The molecule has 0 heterocycles. The molecule has 0 aliphatic rings. The van der Waals surface area contributed by atoms with E-state index in [1.54, 1.807) is 0 Å². The van der Waals surface area contributed by atoms with Crippen LogP contribution in [-0.2, 0) is 0 Å². The summed E-state index contributed by atoms with van der Waals surface area (Å²) in [5.41, 5.74) is 8.01. The maximum Gasteiger partial charge on any atom is 0.115 e. The number of rotatable bonds is 3. The van der Waals surface area contributed by atoms with Gasteiger partial charge in [0.05, 0.1) is 0 Å². The highest BCUT2D eigenvalue weighted by Gasteiger charge is 2.24. The summed E-state index contributed by atoms with van der Waals surface area (Å²) < 4.78 is 0. The number of phenols is 1. The van der Waals surface area contributed by atoms with Crippen LogP contribution in [0.1, 0.15) is 33.4 Å². The molecule has 0 unspecified atom stereocenters. The largest absolute Gasteiger partial charge is 0.508 e. The van der Waals surface area contributed by atoms with E-state index in [0.29, 0.717) is 5.75 Å². The van der Waals surface area contributed by atoms with Gasteiger partial charge < -0.3 is 5.11 Å². The highest BCUT2D eigenvalue weighted by molar-refractivity contribution is 7.80. The van der Waals surface area contributed by atoms with Crippen molar-refractivity contribution in [2.45, 2.75) is 41.5 Å². The zero-order valence-electron chi connectivity index (χ0n) is 16.5. The van der Waals surface area contributed by atoms with E-state index in [-0.39, 0.29) is 0 Å². The second-order valence-electron chi connectivity index (χ2n) is 7.35. The van der Waals surface area contributed by atoms with Gasteiger partial charge in [0.2, 0.25) is 0 Å². The molecule has 0 radical (unpaired) electrons. The zero-order chi connectivity index (χ0) is 19.0. The van der Waals surface area contributed by atoms with Crippen molar-refractivity contribution in [3.63, 3.8) is 0 Å². The second-order valence-corrected chi connectivity index (χ2v) is 9.43. The number of aromatic hydroxyl groups is 1. The SMILES string of the molecule is Cc1cc(C)c(P(c2ccc(O)cc2)c2c(C)cc(C)cc2C)c(C)c1. The molecule has 1 nitrogen and oxygen atoms in total. The molecule has 1 N–H and O–H groups in total. The van der Waals surface area contributed by atoms with E-state index >= 15 is 0 Å². The minimum absolute atomic E-state index is 0.318. The van der Waals surface area contributed by atoms with Gasteiger partial charge in [0, 0.05) is 0 Å². The van der Waals surface area contributed by atoms with Crippen molar-refractivity contribution in [1.29, 1.82) is 0 Å². The standard InChI is InChI=1S/C24H27OP/c1-15-11-17(3)23(18(4)12-15)26(22-9-7-21(25)8-10-22)24-19(5)13-16(2)14-20(24)6/h7-14,25H,1-6H3. The first-order valence-corrected chi connectivity index (χ1v) is 10.4. The van der Waals surface area contributed by atoms with Gasteiger partial charge in [-0.1, -0.05) is 47.5 Å². The average Bonchev–Trinajstić information content (AvgIpc) is 2.52. The molecule has 3 rings (SSSR count). The summed E-state index contributed by atoms with van der Waals surface area (Å²) in [6.45, 7) is 13.2. The lowest BCUT2D eigenvalue weighted by Crippen LogP contribution is -2.27. The number of phenolic OH excluding ortho intramolecular Hbond substituents is 1. The third-order valence-electron chi connectivity index (χ3n) is 4.83. The Morgan fingerprint density at radius 1 is 0.577 bits per heavy atom. The molecule has 0 bridgehead atoms. The third-order valence-corrected chi connectivity index (χ3v) is 7.95. The molecule has 0 aromatic heterocycles. The maximum atomic E-state index is 9.78. The maximum absolute atomic E-state index is 9.78. The van der Waals surface area contributed by atoms with Gasteiger partial charge >= 0.3 is 0 Å². The van der Waals surface area contributed by atoms with Crippen LogP contribution in [0, 0.1) is 41.5 Å². The summed E-state index contributed by atoms with van der Waals surface area (Å²) in [6.07, 6.45) is 0. The molecular formula is C24H27OP. The van der Waals surface area contributed by atoms with Crippen LogP contribution < -0.4 is 15.9 Å². The molecule has 134 valence electrons. The average molecular weight is 362 g/mol. The van der Waals surface area contributed by atoms with Crippen LogP contribution in [0.25, 0.3) is 0 Å². The Morgan fingerprint density at radius 3 is 1.27 bits per heavy atom. The minimum Gasteiger partial charge on any atom is -0.508 e. The number of hydrogen-bond donors (Lipinski definition) is 1. The van der Waals surface area contributed by atoms with Gasteiger partial charge in [-0.05, 0) is 99.8 Å². The first-order valence-electron chi connectivity index (χ1n) is 9.03. The minimum atomic E-state index is -0.678. The van der Waals surface area contributed by atoms with Crippen molar-refractivity contribution in [3.8, 4) is 5.75 Å². The lowest BCUT2D eigenvalue weighted by molar-refractivity contribution is 0.475. The topological polar surface area (TPSA) is 20.2 Å². The normalized spacial score (nSPS) is 11.2. The third kappa shape index (κ3) is 3.55. The van der Waals surface area contributed by atoms with Crippen LogP contribution in [0.15, 0.2) is 48.5 Å². The molecule has 0 saturated heterocycles.